The van der Waals surface area contributed by atoms with Gasteiger partial charge in [0, 0.05) is 19.5 Å². The van der Waals surface area contributed by atoms with Gasteiger partial charge in [-0.15, -0.1) is 0 Å². The van der Waals surface area contributed by atoms with Crippen molar-refractivity contribution in [3.63, 3.8) is 0 Å². The van der Waals surface area contributed by atoms with Gasteiger partial charge in [-0.1, -0.05) is 23.7 Å². The van der Waals surface area contributed by atoms with Gasteiger partial charge >= 0.3 is 13.5 Å². The first-order valence-corrected chi connectivity index (χ1v) is 12.0. The highest BCUT2D eigenvalue weighted by Gasteiger charge is 2.43. The summed E-state index contributed by atoms with van der Waals surface area (Å²) >= 11 is 6.08. The first kappa shape index (κ1) is 25.8. The number of aliphatic hydroxyl groups excluding tert-OH is 1. The highest BCUT2D eigenvalue weighted by atomic mass is 35.5. The van der Waals surface area contributed by atoms with Crippen LogP contribution >= 0.6 is 19.4 Å². The summed E-state index contributed by atoms with van der Waals surface area (Å²) in [6.45, 7) is 0.521. The maximum absolute atomic E-state index is 13.4. The second-order valence-electron chi connectivity index (χ2n) is 7.09. The lowest BCUT2D eigenvalue weighted by Gasteiger charge is -2.23. The summed E-state index contributed by atoms with van der Waals surface area (Å²) in [5.74, 6) is -0.280. The molecular weight excluding hydrogens is 491 g/mol. The molecule has 1 aromatic carbocycles. The van der Waals surface area contributed by atoms with Crippen LogP contribution in [0, 0.1) is 11.3 Å². The van der Waals surface area contributed by atoms with Crippen molar-refractivity contribution < 1.29 is 32.8 Å². The largest absolute Gasteiger partial charge is 0.530 e. The zero-order valence-corrected chi connectivity index (χ0v) is 19.6. The number of ether oxygens (including phenoxy) is 1. The number of aliphatic hydroxyl groups is 1. The van der Waals surface area contributed by atoms with Crippen molar-refractivity contribution >= 4 is 31.1 Å². The van der Waals surface area contributed by atoms with Gasteiger partial charge in [-0.25, -0.2) is 9.36 Å². The van der Waals surface area contributed by atoms with E-state index in [4.69, 9.17) is 35.2 Å². The maximum atomic E-state index is 13.4. The van der Waals surface area contributed by atoms with Gasteiger partial charge in [0.2, 0.25) is 5.91 Å². The van der Waals surface area contributed by atoms with Crippen LogP contribution in [0.2, 0.25) is 5.02 Å². The predicted molar refractivity (Wildman–Crippen MR) is 119 cm³/mol. The zero-order chi connectivity index (χ0) is 24.7. The van der Waals surface area contributed by atoms with Gasteiger partial charge in [-0.2, -0.15) is 10.2 Å². The number of para-hydroxylation sites is 1. The van der Waals surface area contributed by atoms with Crippen molar-refractivity contribution in [2.45, 2.75) is 38.2 Å². The van der Waals surface area contributed by atoms with Crippen LogP contribution in [-0.4, -0.2) is 46.0 Å². The number of carbonyl (C=O) groups excluding carboxylic acids is 1. The Morgan fingerprint density at radius 3 is 2.85 bits per heavy atom. The summed E-state index contributed by atoms with van der Waals surface area (Å²) in [6.07, 6.45) is -1.62. The SMILES string of the molecule is CC(=O)Nc1ccn([C@H]2C[C@H](OP(=O)(OCCC#N)Oc3ccccc3Cl)[C@@H](CO)O2)c(=O)n1. The summed E-state index contributed by atoms with van der Waals surface area (Å²) in [4.78, 5) is 27.3. The van der Waals surface area contributed by atoms with E-state index in [0.717, 1.165) is 4.57 Å². The first-order valence-electron chi connectivity index (χ1n) is 10.1. The fourth-order valence-corrected chi connectivity index (χ4v) is 4.77. The number of rotatable bonds is 10. The third kappa shape index (κ3) is 6.64. The molecule has 1 aliphatic rings. The normalized spacial score (nSPS) is 21.4. The molecule has 1 aromatic heterocycles. The Kier molecular flexibility index (Phi) is 8.79. The minimum atomic E-state index is -4.33. The molecule has 0 radical (unpaired) electrons. The second kappa shape index (κ2) is 11.6. The highest BCUT2D eigenvalue weighted by Crippen LogP contribution is 2.54. The molecule has 1 amide bonds. The molecule has 0 spiro atoms. The Labute approximate surface area is 199 Å². The van der Waals surface area contributed by atoms with E-state index >= 15 is 0 Å². The van der Waals surface area contributed by atoms with Gasteiger partial charge in [-0.05, 0) is 18.2 Å². The number of hydrogen-bond donors (Lipinski definition) is 2. The molecule has 2 N–H and O–H groups in total. The molecule has 34 heavy (non-hydrogen) atoms. The molecule has 2 heterocycles. The lowest BCUT2D eigenvalue weighted by Crippen LogP contribution is -2.28. The zero-order valence-electron chi connectivity index (χ0n) is 18.0. The molecular formula is C20H22ClN4O8P. The topological polar surface area (TPSA) is 162 Å². The number of amides is 1. The predicted octanol–water partition coefficient (Wildman–Crippen LogP) is 2.64. The van der Waals surface area contributed by atoms with Gasteiger partial charge in [0.15, 0.2) is 0 Å². The van der Waals surface area contributed by atoms with Crippen LogP contribution in [0.5, 0.6) is 5.75 Å². The average Bonchev–Trinajstić information content (AvgIpc) is 3.17. The van der Waals surface area contributed by atoms with Crippen LogP contribution in [-0.2, 0) is 23.1 Å². The second-order valence-corrected chi connectivity index (χ2v) is 9.04. The summed E-state index contributed by atoms with van der Waals surface area (Å²) in [5, 5.41) is 21.1. The standard InChI is InChI=1S/C20H22ClN4O8P/c1-13(27)23-18-7-9-25(20(28)24-18)19-11-16(17(12-26)31-19)33-34(29,30-10-4-8-22)32-15-6-3-2-5-14(15)21/h2-3,5-7,9,16-17,19,26H,4,10-12H2,1H3,(H,23,24,27,28)/t16-,17+,19+,34?/m0/s1. The van der Waals surface area contributed by atoms with Crippen molar-refractivity contribution in [3.05, 3.63) is 52.0 Å². The van der Waals surface area contributed by atoms with Crippen LogP contribution < -0.4 is 15.5 Å². The Morgan fingerprint density at radius 2 is 2.21 bits per heavy atom. The minimum Gasteiger partial charge on any atom is -0.402 e. The molecule has 0 bridgehead atoms. The Bertz CT molecular complexity index is 1170. The van der Waals surface area contributed by atoms with Crippen molar-refractivity contribution in [2.24, 2.45) is 0 Å². The molecule has 1 unspecified atom stereocenters. The summed E-state index contributed by atoms with van der Waals surface area (Å²) in [7, 11) is -4.33. The number of anilines is 1. The van der Waals surface area contributed by atoms with Gasteiger partial charge < -0.3 is 19.7 Å². The van der Waals surface area contributed by atoms with Crippen LogP contribution in [0.3, 0.4) is 0 Å². The van der Waals surface area contributed by atoms with Crippen molar-refractivity contribution in [2.75, 3.05) is 18.5 Å². The molecule has 1 aliphatic heterocycles. The van der Waals surface area contributed by atoms with Crippen molar-refractivity contribution in [1.29, 1.82) is 5.26 Å². The molecule has 0 saturated carbocycles. The fraction of sp³-hybridized carbons (Fsp3) is 0.400. The molecule has 1 saturated heterocycles. The minimum absolute atomic E-state index is 0.0101. The number of nitriles is 1. The lowest BCUT2D eigenvalue weighted by atomic mass is 10.2. The van der Waals surface area contributed by atoms with E-state index in [1.165, 1.54) is 31.3 Å². The monoisotopic (exact) mass is 512 g/mol. The van der Waals surface area contributed by atoms with Gasteiger partial charge in [0.1, 0.15) is 30.0 Å². The number of halogens is 1. The number of carbonyl (C=O) groups is 1. The van der Waals surface area contributed by atoms with E-state index in [1.807, 2.05) is 6.07 Å². The molecule has 14 heteroatoms. The van der Waals surface area contributed by atoms with Gasteiger partial charge in [0.05, 0.1) is 30.7 Å². The number of benzene rings is 1. The molecule has 4 atom stereocenters. The number of hydrogen-bond acceptors (Lipinski definition) is 10. The van der Waals surface area contributed by atoms with E-state index in [1.54, 1.807) is 12.1 Å². The molecule has 12 nitrogen and oxygen atoms in total. The number of nitrogens with one attached hydrogen (secondary N) is 1. The third-order valence-corrected chi connectivity index (χ3v) is 6.34. The van der Waals surface area contributed by atoms with E-state index in [-0.39, 0.29) is 41.9 Å². The van der Waals surface area contributed by atoms with Crippen LogP contribution in [0.4, 0.5) is 5.82 Å². The fourth-order valence-electron chi connectivity index (χ4n) is 3.11. The molecule has 0 aliphatic carbocycles. The van der Waals surface area contributed by atoms with Crippen molar-refractivity contribution in [1.82, 2.24) is 9.55 Å². The number of phosphoric ester groups is 1. The quantitative estimate of drug-likeness (QED) is 0.357. The van der Waals surface area contributed by atoms with Gasteiger partial charge in [0.25, 0.3) is 0 Å². The molecule has 182 valence electrons. The molecule has 2 aromatic rings. The summed E-state index contributed by atoms with van der Waals surface area (Å²) < 4.78 is 36.6. The number of aromatic nitrogens is 2. The van der Waals surface area contributed by atoms with E-state index in [0.29, 0.717) is 0 Å². The van der Waals surface area contributed by atoms with E-state index in [2.05, 4.69) is 10.3 Å². The van der Waals surface area contributed by atoms with Crippen LogP contribution in [0.1, 0.15) is 26.0 Å². The smallest absolute Gasteiger partial charge is 0.402 e. The van der Waals surface area contributed by atoms with Crippen molar-refractivity contribution in [3.8, 4) is 11.8 Å². The third-order valence-electron chi connectivity index (χ3n) is 4.58. The summed E-state index contributed by atoms with van der Waals surface area (Å²) in [6, 6.07) is 9.51. The number of phosphoric acid groups is 1. The number of nitrogens with zero attached hydrogens (tertiary/aromatic N) is 3. The lowest BCUT2D eigenvalue weighted by molar-refractivity contribution is -0.114. The summed E-state index contributed by atoms with van der Waals surface area (Å²) in [5.41, 5.74) is -0.714. The molecule has 3 rings (SSSR count). The first-order chi connectivity index (χ1) is 16.2. The van der Waals surface area contributed by atoms with E-state index < -0.39 is 38.6 Å². The Morgan fingerprint density at radius 1 is 1.44 bits per heavy atom. The Hall–Kier alpha value is -2.78. The van der Waals surface area contributed by atoms with Crippen LogP contribution in [0.25, 0.3) is 0 Å². The van der Waals surface area contributed by atoms with Gasteiger partial charge in [-0.3, -0.25) is 18.4 Å². The molecule has 1 fully saturated rings. The van der Waals surface area contributed by atoms with Crippen LogP contribution in [0.15, 0.2) is 41.3 Å². The average molecular weight is 513 g/mol. The highest BCUT2D eigenvalue weighted by molar-refractivity contribution is 7.49. The van der Waals surface area contributed by atoms with E-state index in [9.17, 15) is 19.3 Å². The Balaban J connectivity index is 1.80. The maximum Gasteiger partial charge on any atom is 0.530 e.